The van der Waals surface area contributed by atoms with Crippen molar-refractivity contribution in [3.05, 3.63) is 44.7 Å². The summed E-state index contributed by atoms with van der Waals surface area (Å²) in [5.74, 6) is -1.23. The lowest BCUT2D eigenvalue weighted by molar-refractivity contribution is -0.150. The van der Waals surface area contributed by atoms with Crippen LogP contribution in [-0.2, 0) is 25.0 Å². The predicted molar refractivity (Wildman–Crippen MR) is 167 cm³/mol. The summed E-state index contributed by atoms with van der Waals surface area (Å²) in [5, 5.41) is 15.7. The lowest BCUT2D eigenvalue weighted by atomic mass is 10.0. The van der Waals surface area contributed by atoms with Gasteiger partial charge in [-0.1, -0.05) is 39.9 Å². The van der Waals surface area contributed by atoms with Crippen LogP contribution in [0.3, 0.4) is 0 Å². The van der Waals surface area contributed by atoms with Crippen molar-refractivity contribution in [1.82, 2.24) is 20.2 Å². The summed E-state index contributed by atoms with van der Waals surface area (Å²) >= 11 is 11.2. The number of nitrogens with two attached hydrogens (primary N) is 3. The van der Waals surface area contributed by atoms with Crippen LogP contribution in [0.1, 0.15) is 11.3 Å². The number of rotatable bonds is 14. The largest absolute Gasteiger partial charge is 0.477 e. The number of hydrogen-bond acceptors (Lipinski definition) is 13. The summed E-state index contributed by atoms with van der Waals surface area (Å²) in [4.78, 5) is 58.1. The van der Waals surface area contributed by atoms with E-state index in [2.05, 4.69) is 25.4 Å². The Kier molecular flexibility index (Phi) is 11.4. The van der Waals surface area contributed by atoms with Gasteiger partial charge in [0, 0.05) is 39.5 Å². The zero-order chi connectivity index (χ0) is 31.1. The highest BCUT2D eigenvalue weighted by Crippen LogP contribution is 2.46. The number of halogens is 2. The Hall–Kier alpha value is -3.26. The molecule has 14 nitrogen and oxygen atoms in total. The topological polar surface area (TPSA) is 225 Å². The fourth-order valence-electron chi connectivity index (χ4n) is 3.86. The van der Waals surface area contributed by atoms with E-state index in [1.807, 2.05) is 0 Å². The molecule has 0 radical (unpaired) electrons. The van der Waals surface area contributed by atoms with Crippen LogP contribution in [0.2, 0.25) is 4.34 Å². The Balaban J connectivity index is 1.49. The van der Waals surface area contributed by atoms with Gasteiger partial charge in [-0.2, -0.15) is 11.8 Å². The number of amides is 2. The molecule has 4 heterocycles. The third kappa shape index (κ3) is 7.83. The number of alkyl halides is 1. The molecule has 8 N–H and O–H groups in total. The average Bonchev–Trinajstić information content (AvgIpc) is 3.30. The molecule has 20 heteroatoms. The van der Waals surface area contributed by atoms with Gasteiger partial charge in [-0.15, -0.1) is 11.8 Å². The van der Waals surface area contributed by atoms with E-state index in [0.717, 1.165) is 26.7 Å². The molecule has 4 rings (SSSR count). The zero-order valence-electron chi connectivity index (χ0n) is 22.1. The first kappa shape index (κ1) is 32.6. The number of thioether (sulfide) groups is 3. The van der Waals surface area contributed by atoms with Crippen molar-refractivity contribution in [3.8, 4) is 0 Å². The van der Waals surface area contributed by atoms with Gasteiger partial charge in [0.15, 0.2) is 16.8 Å². The number of nitrogens with one attached hydrogen (secondary N) is 1. The molecule has 2 aliphatic heterocycles. The van der Waals surface area contributed by atoms with Crippen molar-refractivity contribution in [2.75, 3.05) is 37.1 Å². The summed E-state index contributed by atoms with van der Waals surface area (Å²) in [6.07, 6.45) is 3.31. The minimum absolute atomic E-state index is 0.0204. The Morgan fingerprint density at radius 2 is 2.16 bits per heavy atom. The molecule has 0 bridgehead atoms. The number of oxime groups is 1. The number of anilines is 1. The van der Waals surface area contributed by atoms with Crippen LogP contribution in [0, 0.1) is 0 Å². The summed E-state index contributed by atoms with van der Waals surface area (Å²) in [6, 6.07) is 0.709. The molecular weight excluding hydrogens is 665 g/mol. The lowest BCUT2D eigenvalue weighted by Crippen LogP contribution is -2.71. The molecule has 230 valence electrons. The summed E-state index contributed by atoms with van der Waals surface area (Å²) in [6.45, 7) is -0.824. The molecule has 0 unspecified atom stereocenters. The van der Waals surface area contributed by atoms with E-state index in [1.54, 1.807) is 30.2 Å². The van der Waals surface area contributed by atoms with E-state index in [-0.39, 0.29) is 32.6 Å². The summed E-state index contributed by atoms with van der Waals surface area (Å²) < 4.78 is 12.6. The number of aliphatic imine (C=N–C) groups is 1. The Morgan fingerprint density at radius 1 is 1.37 bits per heavy atom. The minimum Gasteiger partial charge on any atom is -0.477 e. The van der Waals surface area contributed by atoms with Gasteiger partial charge in [0.25, 0.3) is 11.8 Å². The number of fused-ring (bicyclic) bond motifs is 1. The van der Waals surface area contributed by atoms with Crippen molar-refractivity contribution in [1.29, 1.82) is 0 Å². The maximum atomic E-state index is 13.2. The van der Waals surface area contributed by atoms with E-state index >= 15 is 0 Å². The molecule has 2 amide bonds. The van der Waals surface area contributed by atoms with E-state index < -0.39 is 48.2 Å². The molecule has 43 heavy (non-hydrogen) atoms. The molecule has 0 aliphatic carbocycles. The third-order valence-corrected chi connectivity index (χ3v) is 10.4. The molecular formula is C23H25ClFN9O5S4. The fourth-order valence-corrected chi connectivity index (χ4v) is 8.26. The van der Waals surface area contributed by atoms with Gasteiger partial charge in [0.05, 0.1) is 6.54 Å². The van der Waals surface area contributed by atoms with Gasteiger partial charge in [-0.25, -0.2) is 14.2 Å². The number of nitrogen functional groups attached to an aromatic ring is 1. The van der Waals surface area contributed by atoms with Crippen LogP contribution in [0.25, 0.3) is 0 Å². The highest BCUT2D eigenvalue weighted by atomic mass is 35.5. The minimum atomic E-state index is -1.28. The van der Waals surface area contributed by atoms with Gasteiger partial charge in [-0.05, 0) is 11.6 Å². The number of carboxylic acids is 1. The van der Waals surface area contributed by atoms with Crippen molar-refractivity contribution in [3.63, 3.8) is 0 Å². The number of carbonyl (C=O) groups is 3. The second-order valence-electron chi connectivity index (χ2n) is 8.52. The maximum absolute atomic E-state index is 13.2. The number of guanidine groups is 1. The molecule has 0 saturated carbocycles. The first-order valence-electron chi connectivity index (χ1n) is 12.3. The molecule has 2 atom stereocenters. The van der Waals surface area contributed by atoms with Crippen LogP contribution < -0.4 is 22.5 Å². The Labute approximate surface area is 266 Å². The second kappa shape index (κ2) is 15.0. The number of pyridine rings is 1. The number of hydrogen-bond donors (Lipinski definition) is 5. The molecule has 2 aromatic rings. The molecule has 2 aliphatic rings. The first-order chi connectivity index (χ1) is 20.6. The number of thiazole rings is 1. The fraction of sp³-hybridized carbons (Fsp3) is 0.348. The number of aromatic nitrogens is 2. The normalized spacial score (nSPS) is 18.1. The Bertz CT molecular complexity index is 1490. The molecule has 0 spiro atoms. The van der Waals surface area contributed by atoms with Crippen LogP contribution in [-0.4, -0.2) is 92.2 Å². The van der Waals surface area contributed by atoms with E-state index in [0.29, 0.717) is 23.0 Å². The van der Waals surface area contributed by atoms with E-state index in [4.69, 9.17) is 33.6 Å². The lowest BCUT2D eigenvalue weighted by Gasteiger charge is -2.49. The van der Waals surface area contributed by atoms with Gasteiger partial charge in [-0.3, -0.25) is 24.5 Å². The van der Waals surface area contributed by atoms with Gasteiger partial charge >= 0.3 is 5.97 Å². The summed E-state index contributed by atoms with van der Waals surface area (Å²) in [5.41, 5.74) is 16.6. The van der Waals surface area contributed by atoms with Crippen LogP contribution in [0.4, 0.5) is 9.52 Å². The molecule has 1 fully saturated rings. The van der Waals surface area contributed by atoms with Gasteiger partial charge in [0.2, 0.25) is 0 Å². The van der Waals surface area contributed by atoms with Crippen molar-refractivity contribution in [2.24, 2.45) is 21.6 Å². The Morgan fingerprint density at radius 3 is 2.84 bits per heavy atom. The second-order valence-corrected chi connectivity index (χ2v) is 13.5. The monoisotopic (exact) mass is 689 g/mol. The third-order valence-electron chi connectivity index (χ3n) is 5.67. The highest BCUT2D eigenvalue weighted by molar-refractivity contribution is 8.06. The standard InChI is InChI=1S/C23H25ClFN9O5S4/c24-17-13(32-23(28)43-17)14(33-39-5-2-25)18(35)31-15-19(36)34-16(21(37)38)12(9-41-20(15)34)42-11-1-3-29-7-10(11)8-40-6-4-30-22(26)27/h1,3,7,15,20H,2,4-6,8-9H2,(H2,28,32)(H,31,35)(H,37,38)(H4,26,27,30)/t15-,20+/m1/s1. The first-order valence-corrected chi connectivity index (χ1v) is 16.5. The average molecular weight is 690 g/mol. The van der Waals surface area contributed by atoms with Crippen LogP contribution in [0.5, 0.6) is 0 Å². The smallest absolute Gasteiger partial charge is 0.353 e. The zero-order valence-corrected chi connectivity index (χ0v) is 26.1. The predicted octanol–water partition coefficient (Wildman–Crippen LogP) is 1.46. The van der Waals surface area contributed by atoms with Gasteiger partial charge < -0.3 is 32.5 Å². The summed E-state index contributed by atoms with van der Waals surface area (Å²) in [7, 11) is 0. The van der Waals surface area contributed by atoms with Gasteiger partial charge in [0.1, 0.15) is 40.4 Å². The maximum Gasteiger partial charge on any atom is 0.353 e. The van der Waals surface area contributed by atoms with Crippen molar-refractivity contribution >= 4 is 92.8 Å². The van der Waals surface area contributed by atoms with Crippen LogP contribution >= 0.6 is 58.2 Å². The molecule has 2 aromatic heterocycles. The molecule has 1 saturated heterocycles. The SMILES string of the molecule is NC(N)=NCCSCc1cnccc1SC1=C(C(=O)O)N2C(=O)[C@@H](NC(=O)C(=NOCCF)c3nc(N)sc3Cl)[C@@H]2SC1. The number of nitrogens with zero attached hydrogens (tertiary/aromatic N) is 5. The number of carboxylic acid groups (broad SMARTS) is 1. The number of aliphatic carboxylic acids is 1. The number of carbonyl (C=O) groups excluding carboxylic acids is 2. The highest BCUT2D eigenvalue weighted by Gasteiger charge is 2.54. The number of β-lactam (4-membered cyclic amide) rings is 1. The van der Waals surface area contributed by atoms with E-state index in [1.165, 1.54) is 23.5 Å². The van der Waals surface area contributed by atoms with Crippen LogP contribution in [0.15, 0.2) is 44.1 Å². The van der Waals surface area contributed by atoms with E-state index in [9.17, 15) is 23.9 Å². The van der Waals surface area contributed by atoms with Crippen molar-refractivity contribution in [2.45, 2.75) is 22.1 Å². The quantitative estimate of drug-likeness (QED) is 0.0623. The van der Waals surface area contributed by atoms with Crippen molar-refractivity contribution < 1.29 is 28.7 Å². The molecule has 0 aromatic carbocycles.